The maximum atomic E-state index is 14.0. The molecule has 2 aliphatic rings. The number of hydrogen-bond donors (Lipinski definition) is 2. The van der Waals surface area contributed by atoms with Gasteiger partial charge in [0.1, 0.15) is 11.9 Å². The molecule has 1 aliphatic carbocycles. The quantitative estimate of drug-likeness (QED) is 0.597. The number of hydrogen-bond acceptors (Lipinski definition) is 4. The minimum Gasteiger partial charge on any atom is -0.385 e. The average Bonchev–Trinajstić information content (AvgIpc) is 3.60. The standard InChI is InChI=1S/C22H30FN3O4/c1-30-14-4-11-24-21(28)19(25-20(27)17-5-2-3-6-18(17)23)15-9-12-26(13-10-15)22(29)16-7-8-16/h2-3,5-6,15-16,19H,4,7-14H2,1H3,(H,24,28)(H,25,27)/t19-/m1/s1. The summed E-state index contributed by atoms with van der Waals surface area (Å²) >= 11 is 0. The normalized spacial score (nSPS) is 18.0. The predicted molar refractivity (Wildman–Crippen MR) is 109 cm³/mol. The molecule has 0 unspecified atom stereocenters. The Kier molecular flexibility index (Phi) is 7.79. The lowest BCUT2D eigenvalue weighted by Crippen LogP contribution is -2.54. The molecule has 1 atom stereocenters. The Labute approximate surface area is 176 Å². The van der Waals surface area contributed by atoms with Gasteiger partial charge in [0.25, 0.3) is 5.91 Å². The van der Waals surface area contributed by atoms with Crippen molar-refractivity contribution in [3.63, 3.8) is 0 Å². The fourth-order valence-corrected chi connectivity index (χ4v) is 3.84. The van der Waals surface area contributed by atoms with Crippen LogP contribution in [-0.2, 0) is 14.3 Å². The number of carbonyl (C=O) groups is 3. The number of methoxy groups -OCH3 is 1. The van der Waals surface area contributed by atoms with Crippen molar-refractivity contribution in [3.05, 3.63) is 35.6 Å². The fraction of sp³-hybridized carbons (Fsp3) is 0.591. The molecule has 7 nitrogen and oxygen atoms in total. The lowest BCUT2D eigenvalue weighted by atomic mass is 9.88. The second-order valence-electron chi connectivity index (χ2n) is 8.01. The second kappa shape index (κ2) is 10.5. The molecule has 164 valence electrons. The summed E-state index contributed by atoms with van der Waals surface area (Å²) in [7, 11) is 1.59. The lowest BCUT2D eigenvalue weighted by molar-refractivity contribution is -0.134. The Morgan fingerprint density at radius 2 is 1.87 bits per heavy atom. The smallest absolute Gasteiger partial charge is 0.254 e. The highest BCUT2D eigenvalue weighted by molar-refractivity contribution is 5.97. The van der Waals surface area contributed by atoms with Gasteiger partial charge in [-0.1, -0.05) is 12.1 Å². The Balaban J connectivity index is 1.64. The van der Waals surface area contributed by atoms with Crippen LogP contribution in [0.2, 0.25) is 0 Å². The van der Waals surface area contributed by atoms with E-state index in [1.54, 1.807) is 13.2 Å². The highest BCUT2D eigenvalue weighted by Gasteiger charge is 2.38. The fourth-order valence-electron chi connectivity index (χ4n) is 3.84. The highest BCUT2D eigenvalue weighted by atomic mass is 19.1. The minimum absolute atomic E-state index is 0.0870. The molecule has 3 amide bonds. The van der Waals surface area contributed by atoms with Crippen LogP contribution in [0.5, 0.6) is 0 Å². The first kappa shape index (κ1) is 22.2. The van der Waals surface area contributed by atoms with Crippen molar-refractivity contribution in [2.45, 2.75) is 38.1 Å². The molecule has 0 aromatic heterocycles. The number of rotatable bonds is 9. The van der Waals surface area contributed by atoms with Crippen LogP contribution < -0.4 is 10.6 Å². The summed E-state index contributed by atoms with van der Waals surface area (Å²) < 4.78 is 19.0. The molecule has 1 heterocycles. The predicted octanol–water partition coefficient (Wildman–Crippen LogP) is 1.73. The molecule has 8 heteroatoms. The second-order valence-corrected chi connectivity index (χ2v) is 8.01. The van der Waals surface area contributed by atoms with Gasteiger partial charge in [-0.3, -0.25) is 14.4 Å². The molecule has 30 heavy (non-hydrogen) atoms. The van der Waals surface area contributed by atoms with Crippen LogP contribution in [0.15, 0.2) is 24.3 Å². The maximum Gasteiger partial charge on any atom is 0.254 e. The average molecular weight is 419 g/mol. The van der Waals surface area contributed by atoms with Gasteiger partial charge >= 0.3 is 0 Å². The van der Waals surface area contributed by atoms with E-state index in [0.717, 1.165) is 12.8 Å². The SMILES string of the molecule is COCCCNC(=O)[C@H](NC(=O)c1ccccc1F)C1CCN(C(=O)C2CC2)CC1. The van der Waals surface area contributed by atoms with Gasteiger partial charge in [0, 0.05) is 39.3 Å². The molecular formula is C22H30FN3O4. The van der Waals surface area contributed by atoms with Crippen LogP contribution in [0.4, 0.5) is 4.39 Å². The Bertz CT molecular complexity index is 761. The van der Waals surface area contributed by atoms with Gasteiger partial charge in [0.15, 0.2) is 0 Å². The zero-order chi connectivity index (χ0) is 21.5. The summed E-state index contributed by atoms with van der Waals surface area (Å²) in [6.45, 7) is 2.10. The molecule has 2 fully saturated rings. The number of ether oxygens (including phenoxy) is 1. The van der Waals surface area contributed by atoms with E-state index in [0.29, 0.717) is 45.5 Å². The van der Waals surface area contributed by atoms with E-state index in [-0.39, 0.29) is 29.2 Å². The van der Waals surface area contributed by atoms with Crippen LogP contribution in [0.3, 0.4) is 0 Å². The summed E-state index contributed by atoms with van der Waals surface area (Å²) in [5, 5.41) is 5.58. The van der Waals surface area contributed by atoms with E-state index >= 15 is 0 Å². The first-order valence-electron chi connectivity index (χ1n) is 10.6. The summed E-state index contributed by atoms with van der Waals surface area (Å²) in [6, 6.07) is 4.93. The molecule has 0 spiro atoms. The largest absolute Gasteiger partial charge is 0.385 e. The summed E-state index contributed by atoms with van der Waals surface area (Å²) in [5.41, 5.74) is -0.0870. The minimum atomic E-state index is -0.780. The molecule has 1 aliphatic heterocycles. The third kappa shape index (κ3) is 5.78. The van der Waals surface area contributed by atoms with Crippen LogP contribution in [0.1, 0.15) is 42.5 Å². The van der Waals surface area contributed by atoms with Crippen molar-refractivity contribution >= 4 is 17.7 Å². The number of piperidine rings is 1. The van der Waals surface area contributed by atoms with E-state index in [1.807, 2.05) is 4.90 Å². The van der Waals surface area contributed by atoms with Gasteiger partial charge in [-0.25, -0.2) is 4.39 Å². The van der Waals surface area contributed by atoms with E-state index < -0.39 is 17.8 Å². The monoisotopic (exact) mass is 419 g/mol. The Morgan fingerprint density at radius 1 is 1.17 bits per heavy atom. The van der Waals surface area contributed by atoms with Crippen molar-refractivity contribution in [1.29, 1.82) is 0 Å². The molecule has 2 N–H and O–H groups in total. The van der Waals surface area contributed by atoms with Crippen LogP contribution in [0, 0.1) is 17.7 Å². The molecule has 1 aromatic carbocycles. The molecule has 1 saturated carbocycles. The number of nitrogens with one attached hydrogen (secondary N) is 2. The zero-order valence-electron chi connectivity index (χ0n) is 17.4. The van der Waals surface area contributed by atoms with Gasteiger partial charge in [-0.15, -0.1) is 0 Å². The Hall–Kier alpha value is -2.48. The van der Waals surface area contributed by atoms with Gasteiger partial charge in [-0.05, 0) is 50.2 Å². The first-order valence-corrected chi connectivity index (χ1v) is 10.6. The number of halogens is 1. The summed E-state index contributed by atoms with van der Waals surface area (Å²) in [5.74, 6) is -1.28. The third-order valence-electron chi connectivity index (χ3n) is 5.76. The third-order valence-corrected chi connectivity index (χ3v) is 5.76. The van der Waals surface area contributed by atoms with Crippen LogP contribution in [-0.4, -0.2) is 62.0 Å². The van der Waals surface area contributed by atoms with E-state index in [9.17, 15) is 18.8 Å². The van der Waals surface area contributed by atoms with E-state index in [4.69, 9.17) is 4.74 Å². The number of amides is 3. The maximum absolute atomic E-state index is 14.0. The van der Waals surface area contributed by atoms with E-state index in [2.05, 4.69) is 10.6 Å². The van der Waals surface area contributed by atoms with Gasteiger partial charge in [-0.2, -0.15) is 0 Å². The molecular weight excluding hydrogens is 389 g/mol. The van der Waals surface area contributed by atoms with Crippen molar-refractivity contribution < 1.29 is 23.5 Å². The number of nitrogens with zero attached hydrogens (tertiary/aromatic N) is 1. The number of carbonyl (C=O) groups excluding carboxylic acids is 3. The topological polar surface area (TPSA) is 87.7 Å². The number of likely N-dealkylation sites (tertiary alicyclic amines) is 1. The molecule has 0 bridgehead atoms. The highest BCUT2D eigenvalue weighted by Crippen LogP contribution is 2.33. The molecule has 1 saturated heterocycles. The van der Waals surface area contributed by atoms with Crippen molar-refractivity contribution in [3.8, 4) is 0 Å². The van der Waals surface area contributed by atoms with Crippen molar-refractivity contribution in [2.75, 3.05) is 33.4 Å². The molecule has 3 rings (SSSR count). The summed E-state index contributed by atoms with van der Waals surface area (Å²) in [6.07, 6.45) is 3.82. The lowest BCUT2D eigenvalue weighted by Gasteiger charge is -2.36. The zero-order valence-corrected chi connectivity index (χ0v) is 17.4. The number of benzene rings is 1. The van der Waals surface area contributed by atoms with Gasteiger partial charge in [0.2, 0.25) is 11.8 Å². The summed E-state index contributed by atoms with van der Waals surface area (Å²) in [4.78, 5) is 39.7. The molecule has 0 radical (unpaired) electrons. The Morgan fingerprint density at radius 3 is 2.50 bits per heavy atom. The van der Waals surface area contributed by atoms with E-state index in [1.165, 1.54) is 18.2 Å². The molecule has 1 aromatic rings. The van der Waals surface area contributed by atoms with Gasteiger partial charge in [0.05, 0.1) is 5.56 Å². The first-order chi connectivity index (χ1) is 14.5. The van der Waals surface area contributed by atoms with Crippen molar-refractivity contribution in [2.24, 2.45) is 11.8 Å². The van der Waals surface area contributed by atoms with Crippen LogP contribution >= 0.6 is 0 Å². The van der Waals surface area contributed by atoms with Crippen molar-refractivity contribution in [1.82, 2.24) is 15.5 Å². The van der Waals surface area contributed by atoms with Gasteiger partial charge < -0.3 is 20.3 Å². The van der Waals surface area contributed by atoms with Crippen LogP contribution in [0.25, 0.3) is 0 Å².